The molecule has 14 heteroatoms. The molecule has 0 saturated heterocycles. The van der Waals surface area contributed by atoms with E-state index in [9.17, 15) is 19.2 Å². The van der Waals surface area contributed by atoms with Crippen LogP contribution in [0.5, 0.6) is 5.75 Å². The number of carboxylic acid groups (broad SMARTS) is 2. The first-order valence-corrected chi connectivity index (χ1v) is 10.6. The van der Waals surface area contributed by atoms with Crippen LogP contribution in [-0.4, -0.2) is 67.5 Å². The maximum atomic E-state index is 12.7. The minimum absolute atomic E-state index is 0.144. The van der Waals surface area contributed by atoms with Gasteiger partial charge in [0.05, 0.1) is 24.2 Å². The normalized spacial score (nSPS) is 11.4. The number of methoxy groups -OCH3 is 1. The number of carbonyl (C=O) groups excluding carboxylic acids is 2. The fourth-order valence-corrected chi connectivity index (χ4v) is 3.14. The number of H-pyrrole nitrogens is 1. The lowest BCUT2D eigenvalue weighted by Crippen LogP contribution is -2.51. The van der Waals surface area contributed by atoms with Crippen molar-refractivity contribution in [1.82, 2.24) is 31.0 Å². The fraction of sp³-hybridized carbons (Fsp3) is 0.273. The average Bonchev–Trinajstić information content (AvgIpc) is 3.30. The molecule has 2 heterocycles. The Balaban J connectivity index is 1.66. The zero-order chi connectivity index (χ0) is 26.2. The van der Waals surface area contributed by atoms with Gasteiger partial charge < -0.3 is 25.6 Å². The topological polar surface area (TPSA) is 200 Å². The predicted molar refractivity (Wildman–Crippen MR) is 121 cm³/mol. The molecule has 0 radical (unpaired) electrons. The summed E-state index contributed by atoms with van der Waals surface area (Å²) >= 11 is 0. The summed E-state index contributed by atoms with van der Waals surface area (Å²) in [5.74, 6) is -3.15. The van der Waals surface area contributed by atoms with E-state index in [1.54, 1.807) is 32.2 Å². The van der Waals surface area contributed by atoms with E-state index in [2.05, 4.69) is 31.0 Å². The first-order chi connectivity index (χ1) is 17.1. The van der Waals surface area contributed by atoms with E-state index in [-0.39, 0.29) is 18.1 Å². The molecule has 0 spiro atoms. The molecule has 5 N–H and O–H groups in total. The number of carboxylic acids is 2. The molecule has 3 aromatic rings. The Morgan fingerprint density at radius 3 is 2.50 bits per heavy atom. The van der Waals surface area contributed by atoms with E-state index in [1.807, 2.05) is 12.1 Å². The molecule has 1 unspecified atom stereocenters. The Labute approximate surface area is 204 Å². The van der Waals surface area contributed by atoms with Crippen LogP contribution in [0.15, 0.2) is 36.4 Å². The van der Waals surface area contributed by atoms with E-state index in [4.69, 9.17) is 14.9 Å². The third-order valence-corrected chi connectivity index (χ3v) is 4.85. The number of nitrogens with zero attached hydrogens (tertiary/aromatic N) is 4. The van der Waals surface area contributed by atoms with Gasteiger partial charge in [0.1, 0.15) is 17.5 Å². The molecule has 3 rings (SSSR count). The number of rotatable bonds is 11. The lowest BCUT2D eigenvalue weighted by molar-refractivity contribution is -0.794. The molecular weight excluding hydrogens is 474 g/mol. The molecule has 36 heavy (non-hydrogen) atoms. The van der Waals surface area contributed by atoms with Gasteiger partial charge in [-0.25, -0.2) is 9.78 Å². The lowest BCUT2D eigenvalue weighted by atomic mass is 10.1. The summed E-state index contributed by atoms with van der Waals surface area (Å²) in [4.78, 5) is 52.0. The number of carbonyl (C=O) groups is 4. The summed E-state index contributed by atoms with van der Waals surface area (Å²) in [6, 6.07) is 8.81. The van der Waals surface area contributed by atoms with Crippen LogP contribution in [0.4, 0.5) is 0 Å². The summed E-state index contributed by atoms with van der Waals surface area (Å²) in [5.41, 5.74) is 2.01. The molecule has 0 aliphatic heterocycles. The molecule has 0 fully saturated rings. The van der Waals surface area contributed by atoms with Crippen molar-refractivity contribution in [2.24, 2.45) is 0 Å². The van der Waals surface area contributed by atoms with Crippen molar-refractivity contribution in [2.75, 3.05) is 7.11 Å². The monoisotopic (exact) mass is 498 g/mol. The van der Waals surface area contributed by atoms with Crippen LogP contribution >= 0.6 is 0 Å². The van der Waals surface area contributed by atoms with E-state index in [0.29, 0.717) is 17.0 Å². The summed E-state index contributed by atoms with van der Waals surface area (Å²) in [7, 11) is 1.57. The number of nitrogens with one attached hydrogen (secondary N) is 3. The molecule has 0 bridgehead atoms. The standard InChI is InChI=1S/C22H23N7O7/c1-12-7-14(8-16(24-12)21(33)23-10-13-3-5-15(36-2)6-4-13)20-26-28-29(27-20)11-18(30)25-17(22(34)35)9-19(31)32/h3-8,17H,9-11H2,1-2H3,(H4,23,25,30,31,32,33,34,35)/p+1. The average molecular weight is 498 g/mol. The number of aryl methyl sites for hydroxylation is 1. The highest BCUT2D eigenvalue weighted by Crippen LogP contribution is 2.16. The maximum Gasteiger partial charge on any atom is 0.338 e. The van der Waals surface area contributed by atoms with Crippen molar-refractivity contribution in [1.29, 1.82) is 0 Å². The van der Waals surface area contributed by atoms with Crippen LogP contribution in [0.2, 0.25) is 0 Å². The Hall–Kier alpha value is -4.88. The molecule has 0 aliphatic rings. The first kappa shape index (κ1) is 25.7. The quantitative estimate of drug-likeness (QED) is 0.214. The number of aromatic nitrogens is 5. The van der Waals surface area contributed by atoms with Crippen molar-refractivity contribution in [3.8, 4) is 17.1 Å². The summed E-state index contributed by atoms with van der Waals surface area (Å²) in [6.07, 6.45) is -0.771. The summed E-state index contributed by atoms with van der Waals surface area (Å²) < 4.78 is 5.11. The largest absolute Gasteiger partial charge is 0.497 e. The van der Waals surface area contributed by atoms with Crippen LogP contribution in [0, 0.1) is 6.92 Å². The van der Waals surface area contributed by atoms with Gasteiger partial charge in [-0.2, -0.15) is 0 Å². The van der Waals surface area contributed by atoms with E-state index >= 15 is 0 Å². The van der Waals surface area contributed by atoms with Gasteiger partial charge in [-0.1, -0.05) is 16.9 Å². The highest BCUT2D eigenvalue weighted by molar-refractivity contribution is 5.93. The Bertz CT molecular complexity index is 1270. The van der Waals surface area contributed by atoms with E-state index < -0.39 is 42.8 Å². The van der Waals surface area contributed by atoms with Crippen molar-refractivity contribution >= 4 is 23.8 Å². The van der Waals surface area contributed by atoms with E-state index in [0.717, 1.165) is 10.4 Å². The van der Waals surface area contributed by atoms with Gasteiger partial charge in [0.2, 0.25) is 6.54 Å². The van der Waals surface area contributed by atoms with Crippen LogP contribution in [-0.2, 0) is 27.5 Å². The second kappa shape index (κ2) is 11.5. The van der Waals surface area contributed by atoms with Crippen LogP contribution in [0.1, 0.15) is 28.2 Å². The Morgan fingerprint density at radius 2 is 1.86 bits per heavy atom. The lowest BCUT2D eigenvalue weighted by Gasteiger charge is -2.10. The minimum atomic E-state index is -1.58. The molecule has 2 amide bonds. The predicted octanol–water partition coefficient (Wildman–Crippen LogP) is -0.555. The van der Waals surface area contributed by atoms with Crippen molar-refractivity contribution in [3.63, 3.8) is 0 Å². The number of benzene rings is 1. The van der Waals surface area contributed by atoms with Gasteiger partial charge in [0.15, 0.2) is 0 Å². The Morgan fingerprint density at radius 1 is 1.14 bits per heavy atom. The van der Waals surface area contributed by atoms with Crippen LogP contribution in [0.25, 0.3) is 11.4 Å². The van der Waals surface area contributed by atoms with Gasteiger partial charge in [0.25, 0.3) is 11.8 Å². The third kappa shape index (κ3) is 7.06. The highest BCUT2D eigenvalue weighted by atomic mass is 16.5. The van der Waals surface area contributed by atoms with Gasteiger partial charge in [-0.05, 0) is 47.1 Å². The molecule has 0 aliphatic carbocycles. The number of aromatic amines is 1. The van der Waals surface area contributed by atoms with E-state index in [1.165, 1.54) is 6.07 Å². The number of tetrazole rings is 1. The van der Waals surface area contributed by atoms with Gasteiger partial charge in [-0.15, -0.1) is 0 Å². The van der Waals surface area contributed by atoms with Gasteiger partial charge in [-0.3, -0.25) is 14.4 Å². The smallest absolute Gasteiger partial charge is 0.338 e. The number of hydrogen-bond donors (Lipinski definition) is 5. The van der Waals surface area contributed by atoms with Gasteiger partial charge in [0, 0.05) is 12.2 Å². The van der Waals surface area contributed by atoms with Crippen LogP contribution < -0.4 is 20.2 Å². The molecule has 14 nitrogen and oxygen atoms in total. The summed E-state index contributed by atoms with van der Waals surface area (Å²) in [5, 5.41) is 33.4. The molecule has 1 aromatic carbocycles. The molecule has 2 aromatic heterocycles. The maximum absolute atomic E-state index is 12.7. The SMILES string of the molecule is COc1ccc(CNC(=O)c2cc(-c3n[nH][n+](CC(=O)NC(CC(=O)O)C(=O)O)n3)cc(C)n2)cc1. The summed E-state index contributed by atoms with van der Waals surface area (Å²) in [6.45, 7) is 1.55. The van der Waals surface area contributed by atoms with Gasteiger partial charge >= 0.3 is 17.8 Å². The minimum Gasteiger partial charge on any atom is -0.497 e. The zero-order valence-corrected chi connectivity index (χ0v) is 19.4. The number of pyridine rings is 1. The molecule has 0 saturated carbocycles. The molecule has 1 atom stereocenters. The number of ether oxygens (including phenoxy) is 1. The number of amides is 2. The first-order valence-electron chi connectivity index (χ1n) is 10.6. The second-order valence-corrected chi connectivity index (χ2v) is 7.66. The van der Waals surface area contributed by atoms with Crippen molar-refractivity contribution < 1.29 is 38.9 Å². The fourth-order valence-electron chi connectivity index (χ4n) is 3.14. The van der Waals surface area contributed by atoms with Crippen molar-refractivity contribution in [3.05, 3.63) is 53.3 Å². The molecular formula is C22H24N7O7+. The highest BCUT2D eigenvalue weighted by Gasteiger charge is 2.25. The zero-order valence-electron chi connectivity index (χ0n) is 19.4. The number of hydrogen-bond acceptors (Lipinski definition) is 8. The molecule has 188 valence electrons. The Kier molecular flexibility index (Phi) is 8.22. The van der Waals surface area contributed by atoms with Crippen LogP contribution in [0.3, 0.4) is 0 Å². The van der Waals surface area contributed by atoms with Crippen molar-refractivity contribution in [2.45, 2.75) is 32.5 Å². The second-order valence-electron chi connectivity index (χ2n) is 7.66. The number of aliphatic carboxylic acids is 2. The third-order valence-electron chi connectivity index (χ3n) is 4.85.